The van der Waals surface area contributed by atoms with Crippen LogP contribution in [-0.4, -0.2) is 14.4 Å². The van der Waals surface area contributed by atoms with E-state index in [0.29, 0.717) is 10.8 Å². The second-order valence-corrected chi connectivity index (χ2v) is 4.93. The lowest BCUT2D eigenvalue weighted by atomic mass is 10.2. The third kappa shape index (κ3) is 2.66. The van der Waals surface area contributed by atoms with Gasteiger partial charge in [-0.3, -0.25) is 4.40 Å². The van der Waals surface area contributed by atoms with Gasteiger partial charge in [-0.2, -0.15) is 4.98 Å². The third-order valence-electron chi connectivity index (χ3n) is 2.66. The van der Waals surface area contributed by atoms with Crippen LogP contribution in [0.1, 0.15) is 5.56 Å². The molecule has 2 heterocycles. The molecule has 0 amide bonds. The van der Waals surface area contributed by atoms with Crippen molar-refractivity contribution < 1.29 is 0 Å². The summed E-state index contributed by atoms with van der Waals surface area (Å²) in [7, 11) is 0. The van der Waals surface area contributed by atoms with Crippen LogP contribution in [0.25, 0.3) is 5.65 Å². The summed E-state index contributed by atoms with van der Waals surface area (Å²) in [4.78, 5) is 20.2. The zero-order valence-corrected chi connectivity index (χ0v) is 10.9. The summed E-state index contributed by atoms with van der Waals surface area (Å²) in [5.41, 5.74) is 1.52. The van der Waals surface area contributed by atoms with Gasteiger partial charge in [0.1, 0.15) is 5.65 Å². The van der Waals surface area contributed by atoms with Crippen molar-refractivity contribution in [2.75, 3.05) is 0 Å². The molecule has 0 fully saturated rings. The van der Waals surface area contributed by atoms with Gasteiger partial charge in [-0.15, -0.1) is 0 Å². The van der Waals surface area contributed by atoms with Crippen molar-refractivity contribution in [1.29, 1.82) is 0 Å². The Morgan fingerprint density at radius 1 is 1.00 bits per heavy atom. The van der Waals surface area contributed by atoms with Crippen molar-refractivity contribution in [3.05, 3.63) is 70.8 Å². The molecule has 2 aromatic heterocycles. The van der Waals surface area contributed by atoms with Crippen molar-refractivity contribution in [2.24, 2.45) is 0 Å². The van der Waals surface area contributed by atoms with Crippen molar-refractivity contribution in [3.8, 4) is 0 Å². The Morgan fingerprint density at radius 2 is 1.79 bits per heavy atom. The molecule has 0 bridgehead atoms. The lowest BCUT2D eigenvalue weighted by molar-refractivity contribution is 0.846. The van der Waals surface area contributed by atoms with E-state index in [0.717, 1.165) is 5.75 Å². The van der Waals surface area contributed by atoms with Crippen LogP contribution < -0.4 is 5.69 Å². The summed E-state index contributed by atoms with van der Waals surface area (Å²) in [5, 5.41) is 0.514. The first-order chi connectivity index (χ1) is 9.33. The molecule has 1 aromatic carbocycles. The van der Waals surface area contributed by atoms with Crippen molar-refractivity contribution >= 4 is 17.4 Å². The minimum Gasteiger partial charge on any atom is -0.251 e. The van der Waals surface area contributed by atoms with E-state index >= 15 is 0 Å². The van der Waals surface area contributed by atoms with Crippen LogP contribution >= 0.6 is 11.8 Å². The van der Waals surface area contributed by atoms with Crippen molar-refractivity contribution in [2.45, 2.75) is 10.9 Å². The second-order valence-electron chi connectivity index (χ2n) is 3.99. The molecule has 0 saturated heterocycles. The molecule has 3 rings (SSSR count). The maximum absolute atomic E-state index is 11.8. The maximum atomic E-state index is 11.8. The van der Waals surface area contributed by atoms with E-state index in [9.17, 15) is 4.79 Å². The van der Waals surface area contributed by atoms with Gasteiger partial charge in [0, 0.05) is 11.9 Å². The second kappa shape index (κ2) is 5.24. The van der Waals surface area contributed by atoms with Gasteiger partial charge in [0.05, 0.1) is 0 Å². The van der Waals surface area contributed by atoms with E-state index in [4.69, 9.17) is 0 Å². The smallest absolute Gasteiger partial charge is 0.251 e. The lowest BCUT2D eigenvalue weighted by Gasteiger charge is -2.02. The quantitative estimate of drug-likeness (QED) is 0.685. The zero-order chi connectivity index (χ0) is 13.1. The SMILES string of the molecule is O=c1nc(SCc2ccccc2)nc2ccccn12. The van der Waals surface area contributed by atoms with Gasteiger partial charge in [0.15, 0.2) is 5.16 Å². The summed E-state index contributed by atoms with van der Waals surface area (Å²) in [5.74, 6) is 0.753. The molecule has 0 aliphatic rings. The normalized spacial score (nSPS) is 10.7. The third-order valence-corrected chi connectivity index (χ3v) is 3.58. The van der Waals surface area contributed by atoms with Crippen LogP contribution in [0.5, 0.6) is 0 Å². The Morgan fingerprint density at radius 3 is 2.63 bits per heavy atom. The van der Waals surface area contributed by atoms with Crippen molar-refractivity contribution in [3.63, 3.8) is 0 Å². The Bertz CT molecular complexity index is 755. The predicted octanol–water partition coefficient (Wildman–Crippen LogP) is 2.38. The fourth-order valence-corrected chi connectivity index (χ4v) is 2.52. The fraction of sp³-hybridized carbons (Fsp3) is 0.0714. The van der Waals surface area contributed by atoms with Gasteiger partial charge in [-0.25, -0.2) is 9.78 Å². The Labute approximate surface area is 114 Å². The number of aromatic nitrogens is 3. The molecular weight excluding hydrogens is 258 g/mol. The molecule has 4 nitrogen and oxygen atoms in total. The monoisotopic (exact) mass is 269 g/mol. The largest absolute Gasteiger partial charge is 0.355 e. The topological polar surface area (TPSA) is 47.3 Å². The first-order valence-electron chi connectivity index (χ1n) is 5.85. The van der Waals surface area contributed by atoms with Crippen LogP contribution in [-0.2, 0) is 5.75 Å². The standard InChI is InChI=1S/C14H11N3OS/c18-14-16-13(15-12-8-4-5-9-17(12)14)19-10-11-6-2-1-3-7-11/h1-9H,10H2. The minimum atomic E-state index is -0.291. The average Bonchev–Trinajstić information content (AvgIpc) is 2.46. The van der Waals surface area contributed by atoms with Crippen LogP contribution in [0.4, 0.5) is 0 Å². The first-order valence-corrected chi connectivity index (χ1v) is 6.84. The molecule has 0 saturated carbocycles. The minimum absolute atomic E-state index is 0.291. The van der Waals surface area contributed by atoms with Crippen LogP contribution in [0.2, 0.25) is 0 Å². The van der Waals surface area contributed by atoms with E-state index in [2.05, 4.69) is 9.97 Å². The summed E-state index contributed by atoms with van der Waals surface area (Å²) in [6.45, 7) is 0. The first kappa shape index (κ1) is 11.9. The highest BCUT2D eigenvalue weighted by molar-refractivity contribution is 7.98. The van der Waals surface area contributed by atoms with Gasteiger partial charge in [-0.05, 0) is 17.7 Å². The lowest BCUT2D eigenvalue weighted by Crippen LogP contribution is -2.18. The number of thioether (sulfide) groups is 1. The number of benzene rings is 1. The molecule has 0 spiro atoms. The molecule has 0 aliphatic heterocycles. The van der Waals surface area contributed by atoms with Crippen LogP contribution in [0.3, 0.4) is 0 Å². The van der Waals surface area contributed by atoms with Crippen LogP contribution in [0.15, 0.2) is 64.7 Å². The molecule has 3 aromatic rings. The van der Waals surface area contributed by atoms with E-state index in [1.165, 1.54) is 21.7 Å². The highest BCUT2D eigenvalue weighted by atomic mass is 32.2. The van der Waals surface area contributed by atoms with Crippen LogP contribution in [0, 0.1) is 0 Å². The molecular formula is C14H11N3OS. The molecule has 19 heavy (non-hydrogen) atoms. The van der Waals surface area contributed by atoms with Gasteiger partial charge in [0.25, 0.3) is 0 Å². The van der Waals surface area contributed by atoms with Gasteiger partial charge < -0.3 is 0 Å². The van der Waals surface area contributed by atoms with E-state index in [1.54, 1.807) is 18.3 Å². The van der Waals surface area contributed by atoms with Gasteiger partial charge in [0.2, 0.25) is 0 Å². The predicted molar refractivity (Wildman–Crippen MR) is 75.3 cm³/mol. The molecule has 94 valence electrons. The van der Waals surface area contributed by atoms with E-state index in [1.807, 2.05) is 36.4 Å². The van der Waals surface area contributed by atoms with Gasteiger partial charge in [-0.1, -0.05) is 48.2 Å². The Hall–Kier alpha value is -2.14. The number of hydrogen-bond acceptors (Lipinski definition) is 4. The van der Waals surface area contributed by atoms with E-state index in [-0.39, 0.29) is 5.69 Å². The number of fused-ring (bicyclic) bond motifs is 1. The number of rotatable bonds is 3. The highest BCUT2D eigenvalue weighted by Gasteiger charge is 2.04. The van der Waals surface area contributed by atoms with Crippen molar-refractivity contribution in [1.82, 2.24) is 14.4 Å². The number of nitrogens with zero attached hydrogens (tertiary/aromatic N) is 3. The molecule has 0 aliphatic carbocycles. The number of hydrogen-bond donors (Lipinski definition) is 0. The Balaban J connectivity index is 1.88. The molecule has 5 heteroatoms. The molecule has 0 atom stereocenters. The molecule has 0 unspecified atom stereocenters. The highest BCUT2D eigenvalue weighted by Crippen LogP contribution is 2.18. The average molecular weight is 269 g/mol. The summed E-state index contributed by atoms with van der Waals surface area (Å²) in [6, 6.07) is 15.5. The summed E-state index contributed by atoms with van der Waals surface area (Å²) < 4.78 is 1.44. The molecule has 0 radical (unpaired) electrons. The number of pyridine rings is 1. The fourth-order valence-electron chi connectivity index (χ4n) is 1.73. The Kier molecular flexibility index (Phi) is 3.29. The molecule has 0 N–H and O–H groups in total. The van der Waals surface area contributed by atoms with Gasteiger partial charge >= 0.3 is 5.69 Å². The summed E-state index contributed by atoms with van der Waals surface area (Å²) >= 11 is 1.47. The zero-order valence-electron chi connectivity index (χ0n) is 10.1. The van der Waals surface area contributed by atoms with E-state index < -0.39 is 0 Å². The maximum Gasteiger partial charge on any atom is 0.355 e. The summed E-state index contributed by atoms with van der Waals surface area (Å²) in [6.07, 6.45) is 1.67.